The van der Waals surface area contributed by atoms with Gasteiger partial charge in [-0.15, -0.1) is 0 Å². The number of carbonyl (C=O) groups excluding carboxylic acids is 1. The SMILES string of the molecule is CCCNC(=O)CCN(C1CC1)S(C)(=O)=O. The molecular formula is C10H20N2O3S. The van der Waals surface area contributed by atoms with Gasteiger partial charge in [-0.25, -0.2) is 8.42 Å². The summed E-state index contributed by atoms with van der Waals surface area (Å²) >= 11 is 0. The lowest BCUT2D eigenvalue weighted by Gasteiger charge is -2.18. The van der Waals surface area contributed by atoms with Crippen molar-refractivity contribution in [1.82, 2.24) is 9.62 Å². The monoisotopic (exact) mass is 248 g/mol. The third-order valence-electron chi connectivity index (χ3n) is 2.51. The number of hydrogen-bond donors (Lipinski definition) is 1. The molecule has 16 heavy (non-hydrogen) atoms. The van der Waals surface area contributed by atoms with Crippen molar-refractivity contribution in [3.05, 3.63) is 0 Å². The second-order valence-electron chi connectivity index (χ2n) is 4.20. The molecule has 1 aliphatic carbocycles. The Labute approximate surface area is 97.2 Å². The minimum atomic E-state index is -3.16. The molecule has 1 amide bonds. The van der Waals surface area contributed by atoms with Crippen molar-refractivity contribution in [2.24, 2.45) is 0 Å². The van der Waals surface area contributed by atoms with E-state index in [9.17, 15) is 13.2 Å². The fourth-order valence-electron chi connectivity index (χ4n) is 1.55. The molecule has 0 spiro atoms. The highest BCUT2D eigenvalue weighted by Gasteiger charge is 2.34. The Morgan fingerprint density at radius 1 is 1.44 bits per heavy atom. The maximum atomic E-state index is 11.4. The predicted molar refractivity (Wildman–Crippen MR) is 62.5 cm³/mol. The van der Waals surface area contributed by atoms with Gasteiger partial charge in [0.2, 0.25) is 15.9 Å². The van der Waals surface area contributed by atoms with Crippen molar-refractivity contribution < 1.29 is 13.2 Å². The summed E-state index contributed by atoms with van der Waals surface area (Å²) in [6.45, 7) is 2.94. The van der Waals surface area contributed by atoms with Gasteiger partial charge in [-0.3, -0.25) is 4.79 Å². The lowest BCUT2D eigenvalue weighted by Crippen LogP contribution is -2.36. The van der Waals surface area contributed by atoms with E-state index in [0.29, 0.717) is 13.1 Å². The number of amides is 1. The number of carbonyl (C=O) groups is 1. The van der Waals surface area contributed by atoms with E-state index in [1.165, 1.54) is 10.6 Å². The van der Waals surface area contributed by atoms with Gasteiger partial charge in [-0.1, -0.05) is 6.92 Å². The summed E-state index contributed by atoms with van der Waals surface area (Å²) in [4.78, 5) is 11.3. The average molecular weight is 248 g/mol. The molecule has 0 unspecified atom stereocenters. The maximum absolute atomic E-state index is 11.4. The van der Waals surface area contributed by atoms with Crippen LogP contribution in [0, 0.1) is 0 Å². The molecule has 0 radical (unpaired) electrons. The molecule has 5 nitrogen and oxygen atoms in total. The number of nitrogens with zero attached hydrogens (tertiary/aromatic N) is 1. The second kappa shape index (κ2) is 5.63. The summed E-state index contributed by atoms with van der Waals surface area (Å²) in [7, 11) is -3.16. The van der Waals surface area contributed by atoms with E-state index in [4.69, 9.17) is 0 Å². The molecule has 1 fully saturated rings. The summed E-state index contributed by atoms with van der Waals surface area (Å²) in [5.74, 6) is -0.0730. The van der Waals surface area contributed by atoms with Crippen molar-refractivity contribution in [2.45, 2.75) is 38.6 Å². The first kappa shape index (κ1) is 13.4. The zero-order valence-corrected chi connectivity index (χ0v) is 10.7. The van der Waals surface area contributed by atoms with Crippen molar-refractivity contribution in [3.63, 3.8) is 0 Å². The van der Waals surface area contributed by atoms with Gasteiger partial charge in [-0.05, 0) is 19.3 Å². The smallest absolute Gasteiger partial charge is 0.221 e. The van der Waals surface area contributed by atoms with Crippen LogP contribution in [-0.4, -0.2) is 44.0 Å². The van der Waals surface area contributed by atoms with E-state index >= 15 is 0 Å². The standard InChI is InChI=1S/C10H20N2O3S/c1-3-7-11-10(13)6-8-12(9-4-5-9)16(2,14)15/h9H,3-8H2,1-2H3,(H,11,13). The van der Waals surface area contributed by atoms with Crippen LogP contribution in [0.5, 0.6) is 0 Å². The lowest BCUT2D eigenvalue weighted by molar-refractivity contribution is -0.121. The minimum absolute atomic E-state index is 0.0730. The van der Waals surface area contributed by atoms with E-state index < -0.39 is 10.0 Å². The van der Waals surface area contributed by atoms with Gasteiger partial charge >= 0.3 is 0 Å². The van der Waals surface area contributed by atoms with Crippen LogP contribution in [0.3, 0.4) is 0 Å². The highest BCUT2D eigenvalue weighted by molar-refractivity contribution is 7.88. The second-order valence-corrected chi connectivity index (χ2v) is 6.14. The van der Waals surface area contributed by atoms with Crippen molar-refractivity contribution in [2.75, 3.05) is 19.3 Å². The molecule has 6 heteroatoms. The van der Waals surface area contributed by atoms with Gasteiger partial charge in [-0.2, -0.15) is 4.31 Å². The van der Waals surface area contributed by atoms with Gasteiger partial charge in [0.05, 0.1) is 6.26 Å². The zero-order chi connectivity index (χ0) is 12.2. The van der Waals surface area contributed by atoms with Crippen LogP contribution in [0.2, 0.25) is 0 Å². The van der Waals surface area contributed by atoms with Gasteiger partial charge in [0.25, 0.3) is 0 Å². The Bertz CT molecular complexity index is 336. The first-order valence-corrected chi connectivity index (χ1v) is 7.53. The fourth-order valence-corrected chi connectivity index (χ4v) is 2.72. The minimum Gasteiger partial charge on any atom is -0.356 e. The van der Waals surface area contributed by atoms with Crippen molar-refractivity contribution in [3.8, 4) is 0 Å². The number of sulfonamides is 1. The molecule has 1 saturated carbocycles. The molecule has 1 aliphatic rings. The van der Waals surface area contributed by atoms with E-state index in [1.807, 2.05) is 6.92 Å². The van der Waals surface area contributed by atoms with Crippen molar-refractivity contribution >= 4 is 15.9 Å². The number of rotatable bonds is 7. The zero-order valence-electron chi connectivity index (χ0n) is 9.90. The average Bonchev–Trinajstić information content (AvgIpc) is 2.97. The molecule has 0 aliphatic heterocycles. The molecule has 0 heterocycles. The normalized spacial score (nSPS) is 16.4. The molecule has 0 aromatic carbocycles. The molecule has 0 aromatic rings. The lowest BCUT2D eigenvalue weighted by atomic mass is 10.3. The van der Waals surface area contributed by atoms with Gasteiger partial charge in [0.15, 0.2) is 0 Å². The highest BCUT2D eigenvalue weighted by Crippen LogP contribution is 2.28. The van der Waals surface area contributed by atoms with Crippen LogP contribution in [-0.2, 0) is 14.8 Å². The molecular weight excluding hydrogens is 228 g/mol. The van der Waals surface area contributed by atoms with Crippen LogP contribution in [0.4, 0.5) is 0 Å². The van der Waals surface area contributed by atoms with Gasteiger partial charge in [0, 0.05) is 25.6 Å². The Kier molecular flexibility index (Phi) is 4.73. The summed E-state index contributed by atoms with van der Waals surface area (Å²) < 4.78 is 24.3. The van der Waals surface area contributed by atoms with Crippen LogP contribution in [0.15, 0.2) is 0 Å². The maximum Gasteiger partial charge on any atom is 0.221 e. The van der Waals surface area contributed by atoms with E-state index in [-0.39, 0.29) is 18.4 Å². The molecule has 0 bridgehead atoms. The van der Waals surface area contributed by atoms with Crippen LogP contribution in [0.25, 0.3) is 0 Å². The fraction of sp³-hybridized carbons (Fsp3) is 0.900. The van der Waals surface area contributed by atoms with Crippen LogP contribution in [0.1, 0.15) is 32.6 Å². The predicted octanol–water partition coefficient (Wildman–Crippen LogP) is 0.327. The van der Waals surface area contributed by atoms with E-state index in [2.05, 4.69) is 5.32 Å². The Hall–Kier alpha value is -0.620. The molecule has 0 aromatic heterocycles. The Morgan fingerprint density at radius 3 is 2.50 bits per heavy atom. The molecule has 1 N–H and O–H groups in total. The first-order valence-electron chi connectivity index (χ1n) is 5.68. The summed E-state index contributed by atoms with van der Waals surface area (Å²) in [6, 6.07) is 0.133. The van der Waals surface area contributed by atoms with Crippen molar-refractivity contribution in [1.29, 1.82) is 0 Å². The van der Waals surface area contributed by atoms with E-state index in [0.717, 1.165) is 19.3 Å². The molecule has 1 rings (SSSR count). The largest absolute Gasteiger partial charge is 0.356 e. The quantitative estimate of drug-likeness (QED) is 0.706. The molecule has 0 saturated heterocycles. The third kappa shape index (κ3) is 4.49. The van der Waals surface area contributed by atoms with Gasteiger partial charge < -0.3 is 5.32 Å². The topological polar surface area (TPSA) is 66.5 Å². The third-order valence-corrected chi connectivity index (χ3v) is 3.84. The highest BCUT2D eigenvalue weighted by atomic mass is 32.2. The summed E-state index contributed by atoms with van der Waals surface area (Å²) in [6.07, 6.45) is 4.19. The summed E-state index contributed by atoms with van der Waals surface area (Å²) in [5, 5.41) is 2.74. The summed E-state index contributed by atoms with van der Waals surface area (Å²) in [5.41, 5.74) is 0. The van der Waals surface area contributed by atoms with Gasteiger partial charge in [0.1, 0.15) is 0 Å². The van der Waals surface area contributed by atoms with E-state index in [1.54, 1.807) is 0 Å². The van der Waals surface area contributed by atoms with Crippen LogP contribution >= 0.6 is 0 Å². The Balaban J connectivity index is 2.36. The Morgan fingerprint density at radius 2 is 2.06 bits per heavy atom. The number of nitrogens with one attached hydrogen (secondary N) is 1. The number of hydrogen-bond acceptors (Lipinski definition) is 3. The molecule has 94 valence electrons. The van der Waals surface area contributed by atoms with Crippen LogP contribution < -0.4 is 5.32 Å². The molecule has 0 atom stereocenters. The first-order chi connectivity index (χ1) is 7.45.